The Bertz CT molecular complexity index is 369. The molecule has 80 valence electrons. The largest absolute Gasteiger partial charge is 0.374 e. The van der Waals surface area contributed by atoms with Gasteiger partial charge in [0.05, 0.1) is 0 Å². The fourth-order valence-electron chi connectivity index (χ4n) is 2.57. The Balaban J connectivity index is 1.79. The average Bonchev–Trinajstić information content (AvgIpc) is 2.54. The summed E-state index contributed by atoms with van der Waals surface area (Å²) in [6.45, 7) is 3.59. The topological polar surface area (TPSA) is 15.3 Å². The highest BCUT2D eigenvalue weighted by molar-refractivity contribution is 5.58. The molecule has 2 aliphatic rings. The molecule has 3 rings (SSSR count). The molecule has 0 aliphatic carbocycles. The molecule has 1 N–H and O–H groups in total. The van der Waals surface area contributed by atoms with E-state index in [1.807, 2.05) is 0 Å². The first kappa shape index (κ1) is 9.22. The van der Waals surface area contributed by atoms with Gasteiger partial charge in [-0.2, -0.15) is 0 Å². The fraction of sp³-hybridized carbons (Fsp3) is 0.538. The highest BCUT2D eigenvalue weighted by Gasteiger charge is 2.19. The molecule has 0 aromatic heterocycles. The lowest BCUT2D eigenvalue weighted by molar-refractivity contribution is 0.346. The summed E-state index contributed by atoms with van der Waals surface area (Å²) in [6.07, 6.45) is 2.48. The summed E-state index contributed by atoms with van der Waals surface area (Å²) in [4.78, 5) is 2.35. The number of hydrogen-bond acceptors (Lipinski definition) is 2. The van der Waals surface area contributed by atoms with Crippen LogP contribution >= 0.6 is 0 Å². The summed E-state index contributed by atoms with van der Waals surface area (Å²) in [7, 11) is 2.18. The Morgan fingerprint density at radius 2 is 2.27 bits per heavy atom. The van der Waals surface area contributed by atoms with Gasteiger partial charge in [0, 0.05) is 19.3 Å². The van der Waals surface area contributed by atoms with Gasteiger partial charge in [0.25, 0.3) is 0 Å². The van der Waals surface area contributed by atoms with Crippen LogP contribution in [0.4, 0.5) is 5.69 Å². The summed E-state index contributed by atoms with van der Waals surface area (Å²) < 4.78 is 0. The van der Waals surface area contributed by atoms with Gasteiger partial charge in [0.2, 0.25) is 0 Å². The molecule has 0 bridgehead atoms. The predicted molar refractivity (Wildman–Crippen MR) is 63.5 cm³/mol. The number of hydrogen-bond donors (Lipinski definition) is 1. The monoisotopic (exact) mass is 202 g/mol. The van der Waals surface area contributed by atoms with Crippen LogP contribution in [0.25, 0.3) is 0 Å². The molecule has 2 aliphatic heterocycles. The molecule has 0 unspecified atom stereocenters. The van der Waals surface area contributed by atoms with Crippen molar-refractivity contribution in [2.24, 2.45) is 5.92 Å². The van der Waals surface area contributed by atoms with E-state index in [0.717, 1.165) is 5.92 Å². The maximum atomic E-state index is 3.33. The molecule has 0 saturated carbocycles. The maximum Gasteiger partial charge on any atom is 0.0397 e. The van der Waals surface area contributed by atoms with Gasteiger partial charge in [-0.3, -0.25) is 0 Å². The number of likely N-dealkylation sites (N-methyl/N-ethyl adjacent to an activating group) is 1. The molecule has 1 aromatic rings. The van der Waals surface area contributed by atoms with E-state index in [9.17, 15) is 0 Å². The number of anilines is 1. The van der Waals surface area contributed by atoms with E-state index in [0.29, 0.717) is 0 Å². The Morgan fingerprint density at radius 1 is 1.40 bits per heavy atom. The lowest BCUT2D eigenvalue weighted by Gasteiger charge is -2.27. The van der Waals surface area contributed by atoms with E-state index < -0.39 is 0 Å². The predicted octanol–water partition coefficient (Wildman–Crippen LogP) is 1.44. The first-order chi connectivity index (χ1) is 7.33. The van der Waals surface area contributed by atoms with Crippen molar-refractivity contribution in [2.45, 2.75) is 12.8 Å². The van der Waals surface area contributed by atoms with Crippen molar-refractivity contribution in [2.75, 3.05) is 31.6 Å². The van der Waals surface area contributed by atoms with Crippen LogP contribution in [-0.2, 0) is 12.8 Å². The number of nitrogens with one attached hydrogen (secondary N) is 1. The Hall–Kier alpha value is -1.02. The van der Waals surface area contributed by atoms with Crippen molar-refractivity contribution in [1.29, 1.82) is 0 Å². The van der Waals surface area contributed by atoms with E-state index in [1.165, 1.54) is 43.7 Å². The van der Waals surface area contributed by atoms with E-state index in [4.69, 9.17) is 0 Å². The molecule has 2 nitrogen and oxygen atoms in total. The molecule has 2 heteroatoms. The van der Waals surface area contributed by atoms with Gasteiger partial charge in [-0.25, -0.2) is 0 Å². The number of benzene rings is 1. The molecule has 1 saturated heterocycles. The van der Waals surface area contributed by atoms with E-state index >= 15 is 0 Å². The standard InChI is InChI=1S/C13H18N2/c1-15-5-4-12-7-10(2-3-13(12)15)6-11-8-14-9-11/h2-3,7,11,14H,4-6,8-9H2,1H3. The van der Waals surface area contributed by atoms with E-state index in [2.05, 4.69) is 35.5 Å². The summed E-state index contributed by atoms with van der Waals surface area (Å²) in [6, 6.07) is 7.01. The highest BCUT2D eigenvalue weighted by atomic mass is 15.1. The van der Waals surface area contributed by atoms with Gasteiger partial charge >= 0.3 is 0 Å². The van der Waals surface area contributed by atoms with Crippen molar-refractivity contribution in [1.82, 2.24) is 5.32 Å². The van der Waals surface area contributed by atoms with Gasteiger partial charge in [-0.15, -0.1) is 0 Å². The maximum absolute atomic E-state index is 3.33. The van der Waals surface area contributed by atoms with Crippen LogP contribution in [0.1, 0.15) is 11.1 Å². The lowest BCUT2D eigenvalue weighted by atomic mass is 9.93. The Morgan fingerprint density at radius 3 is 3.00 bits per heavy atom. The van der Waals surface area contributed by atoms with Crippen LogP contribution < -0.4 is 10.2 Å². The Kier molecular flexibility index (Phi) is 2.17. The third-order valence-electron chi connectivity index (χ3n) is 3.66. The van der Waals surface area contributed by atoms with Crippen LogP contribution in [0.2, 0.25) is 0 Å². The Labute approximate surface area is 91.3 Å². The number of nitrogens with zero attached hydrogens (tertiary/aromatic N) is 1. The van der Waals surface area contributed by atoms with Crippen molar-refractivity contribution >= 4 is 5.69 Å². The molecular weight excluding hydrogens is 184 g/mol. The van der Waals surface area contributed by atoms with Crippen LogP contribution in [0.5, 0.6) is 0 Å². The van der Waals surface area contributed by atoms with Crippen LogP contribution in [0, 0.1) is 5.92 Å². The van der Waals surface area contributed by atoms with Crippen LogP contribution in [0.3, 0.4) is 0 Å². The second-order valence-electron chi connectivity index (χ2n) is 4.86. The second-order valence-corrected chi connectivity index (χ2v) is 4.86. The molecule has 1 fully saturated rings. The summed E-state index contributed by atoms with van der Waals surface area (Å²) in [5.74, 6) is 0.877. The first-order valence-electron chi connectivity index (χ1n) is 5.86. The lowest BCUT2D eigenvalue weighted by Crippen LogP contribution is -2.43. The van der Waals surface area contributed by atoms with E-state index in [1.54, 1.807) is 5.56 Å². The highest BCUT2D eigenvalue weighted by Crippen LogP contribution is 2.28. The average molecular weight is 202 g/mol. The molecule has 0 radical (unpaired) electrons. The molecule has 0 atom stereocenters. The minimum Gasteiger partial charge on any atom is -0.374 e. The molecule has 0 spiro atoms. The third kappa shape index (κ3) is 1.63. The van der Waals surface area contributed by atoms with Crippen molar-refractivity contribution < 1.29 is 0 Å². The van der Waals surface area contributed by atoms with Gasteiger partial charge < -0.3 is 10.2 Å². The minimum absolute atomic E-state index is 0.877. The zero-order valence-corrected chi connectivity index (χ0v) is 9.29. The molecule has 0 amide bonds. The number of rotatable bonds is 2. The van der Waals surface area contributed by atoms with Crippen molar-refractivity contribution in [3.05, 3.63) is 29.3 Å². The van der Waals surface area contributed by atoms with Gasteiger partial charge in [0.15, 0.2) is 0 Å². The van der Waals surface area contributed by atoms with Gasteiger partial charge in [-0.1, -0.05) is 12.1 Å². The normalized spacial score (nSPS) is 20.2. The SMILES string of the molecule is CN1CCc2cc(CC3CNC3)ccc21. The fourth-order valence-corrected chi connectivity index (χ4v) is 2.57. The smallest absolute Gasteiger partial charge is 0.0397 e. The van der Waals surface area contributed by atoms with Gasteiger partial charge in [0.1, 0.15) is 0 Å². The summed E-state index contributed by atoms with van der Waals surface area (Å²) in [5, 5.41) is 3.33. The van der Waals surface area contributed by atoms with E-state index in [-0.39, 0.29) is 0 Å². The quantitative estimate of drug-likeness (QED) is 0.780. The molecule has 2 heterocycles. The zero-order chi connectivity index (χ0) is 10.3. The molecular formula is C13H18N2. The minimum atomic E-state index is 0.877. The molecule has 1 aromatic carbocycles. The third-order valence-corrected chi connectivity index (χ3v) is 3.66. The van der Waals surface area contributed by atoms with Crippen LogP contribution in [0.15, 0.2) is 18.2 Å². The molecule has 15 heavy (non-hydrogen) atoms. The van der Waals surface area contributed by atoms with Crippen LogP contribution in [-0.4, -0.2) is 26.7 Å². The summed E-state index contributed by atoms with van der Waals surface area (Å²) in [5.41, 5.74) is 4.50. The number of fused-ring (bicyclic) bond motifs is 1. The van der Waals surface area contributed by atoms with Crippen molar-refractivity contribution in [3.63, 3.8) is 0 Å². The van der Waals surface area contributed by atoms with Crippen molar-refractivity contribution in [3.8, 4) is 0 Å². The van der Waals surface area contributed by atoms with Gasteiger partial charge in [-0.05, 0) is 49.0 Å². The summed E-state index contributed by atoms with van der Waals surface area (Å²) >= 11 is 0. The first-order valence-corrected chi connectivity index (χ1v) is 5.86. The second kappa shape index (κ2) is 3.53. The zero-order valence-electron chi connectivity index (χ0n) is 9.29.